The molecule has 24 heavy (non-hydrogen) atoms. The van der Waals surface area contributed by atoms with Crippen molar-refractivity contribution in [3.8, 4) is 11.1 Å². The number of ketones is 1. The van der Waals surface area contributed by atoms with Gasteiger partial charge in [0.05, 0.1) is 5.56 Å². The molecule has 0 saturated heterocycles. The van der Waals surface area contributed by atoms with Crippen molar-refractivity contribution < 1.29 is 13.9 Å². The number of hydrogen-bond acceptors (Lipinski definition) is 2. The Balaban J connectivity index is 1.78. The monoisotopic (exact) mass is 317 g/mol. The van der Waals surface area contributed by atoms with E-state index in [2.05, 4.69) is 0 Å². The van der Waals surface area contributed by atoms with E-state index in [0.717, 1.165) is 11.1 Å². The molecule has 0 aromatic heterocycles. The molecule has 4 rings (SSSR count). The lowest BCUT2D eigenvalue weighted by atomic mass is 9.99. The maximum atomic E-state index is 13.9. The van der Waals surface area contributed by atoms with Gasteiger partial charge < -0.3 is 5.21 Å². The van der Waals surface area contributed by atoms with E-state index in [0.29, 0.717) is 10.3 Å². The van der Waals surface area contributed by atoms with Crippen LogP contribution in [0.25, 0.3) is 11.1 Å². The number of hydrogen-bond donors (Lipinski definition) is 0. The van der Waals surface area contributed by atoms with Crippen LogP contribution in [0.5, 0.6) is 0 Å². The van der Waals surface area contributed by atoms with Gasteiger partial charge >= 0.3 is 0 Å². The van der Waals surface area contributed by atoms with E-state index in [1.54, 1.807) is 12.1 Å². The second-order valence-electron chi connectivity index (χ2n) is 5.55. The number of carbonyl (C=O) groups is 1. The standard InChI is InChI=1S/C20H12FNO2/c21-17-8-4-7-16-19(17)22(24)18(20(16)23)15-11-9-14(10-12-15)13-5-2-1-3-6-13/h1-12H. The normalized spacial score (nSPS) is 13.3. The maximum Gasteiger partial charge on any atom is 0.273 e. The Morgan fingerprint density at radius 1 is 0.750 bits per heavy atom. The van der Waals surface area contributed by atoms with E-state index in [1.807, 2.05) is 42.5 Å². The highest BCUT2D eigenvalue weighted by molar-refractivity contribution is 6.52. The first kappa shape index (κ1) is 14.3. The predicted octanol–water partition coefficient (Wildman–Crippen LogP) is 4.32. The molecule has 0 spiro atoms. The summed E-state index contributed by atoms with van der Waals surface area (Å²) < 4.78 is 14.3. The first-order chi connectivity index (χ1) is 11.7. The quantitative estimate of drug-likeness (QED) is 0.522. The molecule has 0 fully saturated rings. The van der Waals surface area contributed by atoms with Gasteiger partial charge in [-0.15, -0.1) is 0 Å². The van der Waals surface area contributed by atoms with Crippen LogP contribution in [0.1, 0.15) is 15.9 Å². The van der Waals surface area contributed by atoms with Crippen LogP contribution in [0.3, 0.4) is 0 Å². The van der Waals surface area contributed by atoms with E-state index in [-0.39, 0.29) is 17.0 Å². The van der Waals surface area contributed by atoms with Gasteiger partial charge in [-0.25, -0.2) is 0 Å². The summed E-state index contributed by atoms with van der Waals surface area (Å²) in [6.07, 6.45) is 0. The molecular weight excluding hydrogens is 305 g/mol. The Morgan fingerprint density at radius 2 is 1.38 bits per heavy atom. The van der Waals surface area contributed by atoms with Gasteiger partial charge in [0.2, 0.25) is 0 Å². The van der Waals surface area contributed by atoms with Crippen molar-refractivity contribution >= 4 is 17.2 Å². The summed E-state index contributed by atoms with van der Waals surface area (Å²) in [6.45, 7) is 0. The Morgan fingerprint density at radius 3 is 2.04 bits per heavy atom. The van der Waals surface area contributed by atoms with Crippen LogP contribution >= 0.6 is 0 Å². The average molecular weight is 317 g/mol. The van der Waals surface area contributed by atoms with Crippen LogP contribution in [0.15, 0.2) is 72.8 Å². The fourth-order valence-electron chi connectivity index (χ4n) is 2.94. The minimum Gasteiger partial charge on any atom is -0.618 e. The topological polar surface area (TPSA) is 43.1 Å². The van der Waals surface area contributed by atoms with E-state index < -0.39 is 11.6 Å². The molecule has 1 aliphatic rings. The summed E-state index contributed by atoms with van der Waals surface area (Å²) in [5, 5.41) is 12.4. The first-order valence-electron chi connectivity index (χ1n) is 7.50. The van der Waals surface area contributed by atoms with Gasteiger partial charge in [0.25, 0.3) is 17.2 Å². The van der Waals surface area contributed by atoms with Crippen LogP contribution in [0.4, 0.5) is 10.1 Å². The molecule has 3 aromatic carbocycles. The molecule has 3 nitrogen and oxygen atoms in total. The molecule has 0 N–H and O–H groups in total. The number of Topliss-reactive ketones (excluding diaryl/α,β-unsaturated/α-hetero) is 1. The minimum absolute atomic E-state index is 0.0466. The molecule has 0 unspecified atom stereocenters. The molecule has 0 radical (unpaired) electrons. The number of fused-ring (bicyclic) bond motifs is 1. The molecule has 0 amide bonds. The third kappa shape index (κ3) is 2.12. The van der Waals surface area contributed by atoms with Gasteiger partial charge in [-0.2, -0.15) is 9.13 Å². The maximum absolute atomic E-state index is 13.9. The van der Waals surface area contributed by atoms with Crippen LogP contribution in [0, 0.1) is 11.0 Å². The largest absolute Gasteiger partial charge is 0.618 e. The Kier molecular flexibility index (Phi) is 3.24. The van der Waals surface area contributed by atoms with Gasteiger partial charge in [-0.3, -0.25) is 4.79 Å². The van der Waals surface area contributed by atoms with Crippen molar-refractivity contribution in [2.75, 3.05) is 0 Å². The van der Waals surface area contributed by atoms with Crippen LogP contribution in [0.2, 0.25) is 0 Å². The third-order valence-electron chi connectivity index (χ3n) is 4.12. The molecular formula is C20H12FNO2. The summed E-state index contributed by atoms with van der Waals surface area (Å²) in [4.78, 5) is 12.5. The fraction of sp³-hybridized carbons (Fsp3) is 0. The van der Waals surface area contributed by atoms with Crippen molar-refractivity contribution in [2.45, 2.75) is 0 Å². The zero-order valence-corrected chi connectivity index (χ0v) is 12.6. The minimum atomic E-state index is -0.688. The number of nitrogens with zero attached hydrogens (tertiary/aromatic N) is 1. The second kappa shape index (κ2) is 5.42. The van der Waals surface area contributed by atoms with Crippen LogP contribution in [-0.2, 0) is 0 Å². The average Bonchev–Trinajstić information content (AvgIpc) is 2.88. The smallest absolute Gasteiger partial charge is 0.273 e. The number of para-hydroxylation sites is 1. The lowest BCUT2D eigenvalue weighted by Gasteiger charge is -2.04. The Labute approximate surface area is 137 Å². The molecule has 4 heteroatoms. The summed E-state index contributed by atoms with van der Waals surface area (Å²) >= 11 is 0. The Hall–Kier alpha value is -3.27. The van der Waals surface area contributed by atoms with E-state index in [9.17, 15) is 14.4 Å². The van der Waals surface area contributed by atoms with Gasteiger partial charge in [0.15, 0.2) is 5.82 Å². The number of halogens is 1. The molecule has 1 heterocycles. The highest BCUT2D eigenvalue weighted by Gasteiger charge is 2.38. The molecule has 1 aliphatic heterocycles. The highest BCUT2D eigenvalue weighted by Crippen LogP contribution is 2.31. The molecule has 3 aromatic rings. The number of carbonyl (C=O) groups excluding carboxylic acids is 1. The predicted molar refractivity (Wildman–Crippen MR) is 90.0 cm³/mol. The van der Waals surface area contributed by atoms with Crippen molar-refractivity contribution in [1.29, 1.82) is 0 Å². The molecule has 0 saturated carbocycles. The molecule has 0 atom stereocenters. The van der Waals surface area contributed by atoms with E-state index in [1.165, 1.54) is 18.2 Å². The van der Waals surface area contributed by atoms with Crippen molar-refractivity contribution in [2.24, 2.45) is 0 Å². The first-order valence-corrected chi connectivity index (χ1v) is 7.50. The lowest BCUT2D eigenvalue weighted by molar-refractivity contribution is -0.358. The van der Waals surface area contributed by atoms with Gasteiger partial charge in [-0.1, -0.05) is 48.5 Å². The van der Waals surface area contributed by atoms with Gasteiger partial charge in [0, 0.05) is 0 Å². The second-order valence-corrected chi connectivity index (χ2v) is 5.55. The van der Waals surface area contributed by atoms with Crippen LogP contribution in [-0.4, -0.2) is 16.2 Å². The van der Waals surface area contributed by atoms with Gasteiger partial charge in [-0.05, 0) is 35.4 Å². The number of rotatable bonds is 2. The molecule has 0 bridgehead atoms. The zero-order chi connectivity index (χ0) is 16.7. The lowest BCUT2D eigenvalue weighted by Crippen LogP contribution is -2.16. The molecule has 0 aliphatic carbocycles. The van der Waals surface area contributed by atoms with Crippen molar-refractivity contribution in [3.63, 3.8) is 0 Å². The zero-order valence-electron chi connectivity index (χ0n) is 12.6. The Bertz CT molecular complexity index is 976. The van der Waals surface area contributed by atoms with Crippen LogP contribution < -0.4 is 0 Å². The number of benzene rings is 3. The summed E-state index contributed by atoms with van der Waals surface area (Å²) in [7, 11) is 0. The summed E-state index contributed by atoms with van der Waals surface area (Å²) in [5.41, 5.74) is 2.35. The van der Waals surface area contributed by atoms with Crippen molar-refractivity contribution in [3.05, 3.63) is 94.9 Å². The summed E-state index contributed by atoms with van der Waals surface area (Å²) in [5.74, 6) is -1.14. The SMILES string of the molecule is O=C1C(c2ccc(-c3ccccc3)cc2)=[N+]([O-])c2c(F)cccc21. The van der Waals surface area contributed by atoms with E-state index >= 15 is 0 Å². The fourth-order valence-corrected chi connectivity index (χ4v) is 2.94. The van der Waals surface area contributed by atoms with E-state index in [4.69, 9.17) is 0 Å². The van der Waals surface area contributed by atoms with Crippen molar-refractivity contribution in [1.82, 2.24) is 0 Å². The van der Waals surface area contributed by atoms with Gasteiger partial charge in [0.1, 0.15) is 5.56 Å². The third-order valence-corrected chi connectivity index (χ3v) is 4.12. The molecule has 116 valence electrons. The highest BCUT2D eigenvalue weighted by atomic mass is 19.1. The summed E-state index contributed by atoms with van der Waals surface area (Å²) in [6, 6.07) is 21.0.